The number of hydrogen-bond acceptors (Lipinski definition) is 3. The Hall–Kier alpha value is -0.120. The van der Waals surface area contributed by atoms with E-state index in [1.807, 2.05) is 7.05 Å². The second-order valence-corrected chi connectivity index (χ2v) is 5.04. The lowest BCUT2D eigenvalue weighted by Gasteiger charge is -2.35. The van der Waals surface area contributed by atoms with Crippen LogP contribution in [0.4, 0.5) is 0 Å². The highest BCUT2D eigenvalue weighted by Crippen LogP contribution is 2.25. The molecule has 0 aromatic rings. The zero-order chi connectivity index (χ0) is 11.3. The van der Waals surface area contributed by atoms with Crippen LogP contribution in [0, 0.1) is 5.92 Å². The fourth-order valence-corrected chi connectivity index (χ4v) is 2.20. The van der Waals surface area contributed by atoms with E-state index in [1.165, 1.54) is 12.8 Å². The Morgan fingerprint density at radius 2 is 2.27 bits per heavy atom. The molecule has 1 saturated heterocycles. The fourth-order valence-electron chi connectivity index (χ4n) is 2.20. The van der Waals surface area contributed by atoms with Crippen LogP contribution in [-0.2, 0) is 9.47 Å². The Bertz CT molecular complexity index is 176. The summed E-state index contributed by atoms with van der Waals surface area (Å²) in [5.74, 6) is 0.637. The number of rotatable bonds is 5. The molecule has 0 bridgehead atoms. The van der Waals surface area contributed by atoms with Crippen LogP contribution in [0.5, 0.6) is 0 Å². The maximum absolute atomic E-state index is 5.53. The summed E-state index contributed by atoms with van der Waals surface area (Å²) in [5.41, 5.74) is -0.0505. The molecule has 1 aliphatic rings. The third-order valence-corrected chi connectivity index (χ3v) is 3.40. The maximum atomic E-state index is 5.53. The molecule has 15 heavy (non-hydrogen) atoms. The number of nitrogens with one attached hydrogen (secondary N) is 1. The number of methoxy groups -OCH3 is 1. The molecule has 2 atom stereocenters. The highest BCUT2D eigenvalue weighted by molar-refractivity contribution is 4.84. The van der Waals surface area contributed by atoms with Crippen molar-refractivity contribution < 1.29 is 9.47 Å². The summed E-state index contributed by atoms with van der Waals surface area (Å²) in [6, 6.07) is 0.500. The first-order valence-electron chi connectivity index (χ1n) is 5.89. The van der Waals surface area contributed by atoms with Gasteiger partial charge in [-0.05, 0) is 46.1 Å². The van der Waals surface area contributed by atoms with E-state index in [9.17, 15) is 0 Å². The normalized spacial score (nSPS) is 25.2. The molecule has 1 N–H and O–H groups in total. The third-order valence-electron chi connectivity index (χ3n) is 3.40. The lowest BCUT2D eigenvalue weighted by atomic mass is 9.86. The summed E-state index contributed by atoms with van der Waals surface area (Å²) in [7, 11) is 3.81. The van der Waals surface area contributed by atoms with E-state index < -0.39 is 0 Å². The van der Waals surface area contributed by atoms with E-state index in [0.29, 0.717) is 12.0 Å². The largest absolute Gasteiger partial charge is 0.381 e. The predicted molar refractivity (Wildman–Crippen MR) is 62.1 cm³/mol. The molecule has 0 aromatic heterocycles. The minimum Gasteiger partial charge on any atom is -0.381 e. The highest BCUT2D eigenvalue weighted by atomic mass is 16.5. The minimum absolute atomic E-state index is 0.0505. The molecular weight excluding hydrogens is 190 g/mol. The van der Waals surface area contributed by atoms with Crippen LogP contribution >= 0.6 is 0 Å². The average Bonchev–Trinajstić information content (AvgIpc) is 2.27. The van der Waals surface area contributed by atoms with Gasteiger partial charge in [0.15, 0.2) is 0 Å². The zero-order valence-electron chi connectivity index (χ0n) is 10.5. The monoisotopic (exact) mass is 215 g/mol. The van der Waals surface area contributed by atoms with Gasteiger partial charge in [-0.15, -0.1) is 0 Å². The van der Waals surface area contributed by atoms with Gasteiger partial charge in [0.2, 0.25) is 0 Å². The molecule has 1 heterocycles. The van der Waals surface area contributed by atoms with Gasteiger partial charge in [0, 0.05) is 19.8 Å². The lowest BCUT2D eigenvalue weighted by Crippen LogP contribution is -2.43. The van der Waals surface area contributed by atoms with Crippen LogP contribution in [0.2, 0.25) is 0 Å². The fraction of sp³-hybridized carbons (Fsp3) is 1.00. The molecule has 1 rings (SSSR count). The van der Waals surface area contributed by atoms with Gasteiger partial charge in [-0.25, -0.2) is 0 Å². The van der Waals surface area contributed by atoms with E-state index >= 15 is 0 Å². The van der Waals surface area contributed by atoms with Gasteiger partial charge in [-0.3, -0.25) is 0 Å². The summed E-state index contributed by atoms with van der Waals surface area (Å²) < 4.78 is 11.0. The first-order valence-corrected chi connectivity index (χ1v) is 5.89. The van der Waals surface area contributed by atoms with Gasteiger partial charge in [0.25, 0.3) is 0 Å². The predicted octanol–water partition coefficient (Wildman–Crippen LogP) is 1.82. The van der Waals surface area contributed by atoms with Gasteiger partial charge < -0.3 is 14.8 Å². The molecule has 90 valence electrons. The van der Waals surface area contributed by atoms with Gasteiger partial charge in [-0.2, -0.15) is 0 Å². The van der Waals surface area contributed by atoms with Crippen LogP contribution in [-0.4, -0.2) is 39.0 Å². The molecule has 2 unspecified atom stereocenters. The lowest BCUT2D eigenvalue weighted by molar-refractivity contribution is -0.0153. The molecule has 0 saturated carbocycles. The Balaban J connectivity index is 2.46. The first-order chi connectivity index (χ1) is 7.09. The SMILES string of the molecule is CNC(CC(C)(C)OC)C1CCCOC1. The first kappa shape index (κ1) is 12.9. The summed E-state index contributed by atoms with van der Waals surface area (Å²) >= 11 is 0. The van der Waals surface area contributed by atoms with Gasteiger partial charge in [0.05, 0.1) is 12.2 Å². The van der Waals surface area contributed by atoms with Crippen molar-refractivity contribution in [2.45, 2.75) is 44.8 Å². The van der Waals surface area contributed by atoms with E-state index in [2.05, 4.69) is 19.2 Å². The Labute approximate surface area is 93.5 Å². The zero-order valence-corrected chi connectivity index (χ0v) is 10.5. The molecule has 0 amide bonds. The van der Waals surface area contributed by atoms with Crippen molar-refractivity contribution in [1.29, 1.82) is 0 Å². The smallest absolute Gasteiger partial charge is 0.0637 e. The molecule has 0 radical (unpaired) electrons. The van der Waals surface area contributed by atoms with Crippen molar-refractivity contribution in [2.75, 3.05) is 27.4 Å². The van der Waals surface area contributed by atoms with Crippen LogP contribution < -0.4 is 5.32 Å². The molecule has 3 nitrogen and oxygen atoms in total. The standard InChI is InChI=1S/C12H25NO2/c1-12(2,14-4)8-11(13-3)10-6-5-7-15-9-10/h10-11,13H,5-9H2,1-4H3. The molecule has 0 spiro atoms. The van der Waals surface area contributed by atoms with Crippen LogP contribution in [0.1, 0.15) is 33.1 Å². The van der Waals surface area contributed by atoms with Crippen molar-refractivity contribution in [3.05, 3.63) is 0 Å². The van der Waals surface area contributed by atoms with E-state index in [0.717, 1.165) is 19.6 Å². The van der Waals surface area contributed by atoms with Crippen LogP contribution in [0.25, 0.3) is 0 Å². The van der Waals surface area contributed by atoms with Crippen molar-refractivity contribution in [1.82, 2.24) is 5.32 Å². The Morgan fingerprint density at radius 3 is 2.73 bits per heavy atom. The molecule has 1 fully saturated rings. The molecule has 1 aliphatic heterocycles. The van der Waals surface area contributed by atoms with Crippen molar-refractivity contribution in [3.8, 4) is 0 Å². The van der Waals surface area contributed by atoms with Crippen LogP contribution in [0.3, 0.4) is 0 Å². The number of ether oxygens (including phenoxy) is 2. The quantitative estimate of drug-likeness (QED) is 0.759. The average molecular weight is 215 g/mol. The Kier molecular flexibility index (Phi) is 5.03. The van der Waals surface area contributed by atoms with Crippen molar-refractivity contribution in [2.24, 2.45) is 5.92 Å². The molecule has 0 aliphatic carbocycles. The summed E-state index contributed by atoms with van der Waals surface area (Å²) in [6.45, 7) is 6.11. The van der Waals surface area contributed by atoms with Gasteiger partial charge >= 0.3 is 0 Å². The minimum atomic E-state index is -0.0505. The van der Waals surface area contributed by atoms with E-state index in [4.69, 9.17) is 9.47 Å². The third kappa shape index (κ3) is 4.09. The summed E-state index contributed by atoms with van der Waals surface area (Å²) in [5, 5.41) is 3.40. The highest BCUT2D eigenvalue weighted by Gasteiger charge is 2.29. The second-order valence-electron chi connectivity index (χ2n) is 5.04. The second kappa shape index (κ2) is 5.83. The number of hydrogen-bond donors (Lipinski definition) is 1. The molecule has 3 heteroatoms. The van der Waals surface area contributed by atoms with Gasteiger partial charge in [-0.1, -0.05) is 0 Å². The van der Waals surface area contributed by atoms with E-state index in [-0.39, 0.29) is 5.60 Å². The topological polar surface area (TPSA) is 30.5 Å². The van der Waals surface area contributed by atoms with Crippen LogP contribution in [0.15, 0.2) is 0 Å². The molecule has 0 aromatic carbocycles. The van der Waals surface area contributed by atoms with Gasteiger partial charge in [0.1, 0.15) is 0 Å². The summed E-state index contributed by atoms with van der Waals surface area (Å²) in [6.07, 6.45) is 3.50. The van der Waals surface area contributed by atoms with E-state index in [1.54, 1.807) is 7.11 Å². The molecular formula is C12H25NO2. The maximum Gasteiger partial charge on any atom is 0.0637 e. The van der Waals surface area contributed by atoms with Crippen molar-refractivity contribution in [3.63, 3.8) is 0 Å². The Morgan fingerprint density at radius 1 is 1.53 bits per heavy atom. The van der Waals surface area contributed by atoms with Crippen molar-refractivity contribution >= 4 is 0 Å². The summed E-state index contributed by atoms with van der Waals surface area (Å²) in [4.78, 5) is 0.